The number of fused-ring (bicyclic) bond motifs is 2. The number of hydrogen-bond acceptors (Lipinski definition) is 5. The SMILES string of the molecule is COC[C@H](N=C(c1ccccc1)N1[C@@H]2C=C[C@@H](C[C@H]2C(=O)OC)[C@@H]1CCCOCc1ccccc1)C(C)C. The molecule has 6 nitrogen and oxygen atoms in total. The third-order valence-corrected chi connectivity index (χ3v) is 7.74. The van der Waals surface area contributed by atoms with Crippen LogP contribution in [0.1, 0.15) is 44.2 Å². The van der Waals surface area contributed by atoms with Crippen LogP contribution in [0.25, 0.3) is 0 Å². The Hall–Kier alpha value is -2.96. The average Bonchev–Trinajstić information content (AvgIpc) is 2.96. The van der Waals surface area contributed by atoms with Gasteiger partial charge in [-0.1, -0.05) is 86.7 Å². The van der Waals surface area contributed by atoms with Crippen molar-refractivity contribution in [3.63, 3.8) is 0 Å². The zero-order valence-electron chi connectivity index (χ0n) is 23.2. The Morgan fingerprint density at radius 3 is 2.39 bits per heavy atom. The standard InChI is InChI=1S/C32H42N2O4/c1-23(2)28(22-36-3)33-31(25-14-9-6-10-15-25)34-29(16-11-19-38-21-24-12-7-5-8-13-24)26-17-18-30(34)27(20-26)32(35)37-4/h5-10,12-15,17-18,23,26-30H,11,16,19-22H2,1-4H3/t26-,27+,28-,29-,30+/m0/s1. The van der Waals surface area contributed by atoms with Crippen molar-refractivity contribution in [2.45, 2.75) is 57.8 Å². The first-order chi connectivity index (χ1) is 18.5. The highest BCUT2D eigenvalue weighted by atomic mass is 16.5. The Kier molecular flexibility index (Phi) is 10.1. The lowest BCUT2D eigenvalue weighted by atomic mass is 9.71. The van der Waals surface area contributed by atoms with Crippen LogP contribution in [0.15, 0.2) is 77.8 Å². The first kappa shape index (κ1) is 28.1. The summed E-state index contributed by atoms with van der Waals surface area (Å²) in [6.45, 7) is 6.21. The largest absolute Gasteiger partial charge is 0.469 e. The van der Waals surface area contributed by atoms with Crippen LogP contribution in [0.2, 0.25) is 0 Å². The van der Waals surface area contributed by atoms with Crippen molar-refractivity contribution in [1.29, 1.82) is 0 Å². The lowest BCUT2D eigenvalue weighted by Gasteiger charge is -2.52. The predicted octanol–water partition coefficient (Wildman–Crippen LogP) is 5.52. The number of ether oxygens (including phenoxy) is 3. The molecule has 0 N–H and O–H groups in total. The molecule has 2 bridgehead atoms. The van der Waals surface area contributed by atoms with Gasteiger partial charge in [0.2, 0.25) is 0 Å². The molecule has 0 spiro atoms. The maximum absolute atomic E-state index is 12.9. The van der Waals surface area contributed by atoms with Gasteiger partial charge in [-0.3, -0.25) is 9.79 Å². The first-order valence-electron chi connectivity index (χ1n) is 13.8. The second-order valence-electron chi connectivity index (χ2n) is 10.6. The minimum atomic E-state index is -0.214. The number of nitrogens with zero attached hydrogens (tertiary/aromatic N) is 2. The number of esters is 1. The number of amidine groups is 1. The zero-order chi connectivity index (χ0) is 26.9. The minimum Gasteiger partial charge on any atom is -0.469 e. The van der Waals surface area contributed by atoms with Gasteiger partial charge in [0.15, 0.2) is 0 Å². The van der Waals surface area contributed by atoms with E-state index >= 15 is 0 Å². The topological polar surface area (TPSA) is 60.4 Å². The third kappa shape index (κ3) is 6.72. The molecule has 2 heterocycles. The molecular formula is C32H42N2O4. The quantitative estimate of drug-likeness (QED) is 0.122. The highest BCUT2D eigenvalue weighted by Crippen LogP contribution is 2.42. The number of rotatable bonds is 12. The molecule has 2 aliphatic heterocycles. The molecule has 2 aromatic rings. The summed E-state index contributed by atoms with van der Waals surface area (Å²) in [6, 6.07) is 20.8. The zero-order valence-corrected chi connectivity index (χ0v) is 23.2. The predicted molar refractivity (Wildman–Crippen MR) is 151 cm³/mol. The van der Waals surface area contributed by atoms with Crippen molar-refractivity contribution in [2.75, 3.05) is 27.4 Å². The van der Waals surface area contributed by atoms with E-state index < -0.39 is 0 Å². The molecule has 1 aliphatic carbocycles. The number of carbonyl (C=O) groups excluding carboxylic acids is 1. The van der Waals surface area contributed by atoms with Crippen LogP contribution in [-0.4, -0.2) is 62.3 Å². The molecule has 2 aromatic carbocycles. The van der Waals surface area contributed by atoms with E-state index in [2.05, 4.69) is 55.2 Å². The van der Waals surface area contributed by atoms with Gasteiger partial charge in [0.25, 0.3) is 0 Å². The summed E-state index contributed by atoms with van der Waals surface area (Å²) < 4.78 is 16.8. The van der Waals surface area contributed by atoms with Crippen molar-refractivity contribution in [2.24, 2.45) is 22.7 Å². The van der Waals surface area contributed by atoms with Crippen LogP contribution < -0.4 is 0 Å². The van der Waals surface area contributed by atoms with E-state index in [0.717, 1.165) is 30.7 Å². The molecule has 0 unspecified atom stereocenters. The Morgan fingerprint density at radius 2 is 1.74 bits per heavy atom. The van der Waals surface area contributed by atoms with E-state index in [1.807, 2.05) is 36.4 Å². The Labute approximate surface area is 227 Å². The van der Waals surface area contributed by atoms with Crippen LogP contribution in [0.3, 0.4) is 0 Å². The molecule has 204 valence electrons. The average molecular weight is 519 g/mol. The number of methoxy groups -OCH3 is 2. The van der Waals surface area contributed by atoms with E-state index in [9.17, 15) is 4.79 Å². The van der Waals surface area contributed by atoms with Crippen LogP contribution >= 0.6 is 0 Å². The van der Waals surface area contributed by atoms with Gasteiger partial charge in [0, 0.05) is 25.3 Å². The summed E-state index contributed by atoms with van der Waals surface area (Å²) in [5.41, 5.74) is 2.25. The fourth-order valence-corrected chi connectivity index (χ4v) is 5.68. The molecule has 3 aliphatic rings. The number of hydrogen-bond donors (Lipinski definition) is 0. The van der Waals surface area contributed by atoms with Gasteiger partial charge in [-0.2, -0.15) is 0 Å². The number of piperidine rings is 1. The molecule has 5 atom stereocenters. The smallest absolute Gasteiger partial charge is 0.311 e. The Balaban J connectivity index is 1.61. The van der Waals surface area contributed by atoms with Crippen molar-refractivity contribution in [1.82, 2.24) is 4.90 Å². The number of carbonyl (C=O) groups is 1. The molecule has 0 saturated carbocycles. The highest BCUT2D eigenvalue weighted by Gasteiger charge is 2.48. The van der Waals surface area contributed by atoms with Gasteiger partial charge in [-0.15, -0.1) is 0 Å². The molecule has 0 radical (unpaired) electrons. The summed E-state index contributed by atoms with van der Waals surface area (Å²) in [6.07, 6.45) is 7.18. The van der Waals surface area contributed by atoms with Crippen molar-refractivity contribution in [3.05, 3.63) is 83.9 Å². The maximum atomic E-state index is 12.9. The van der Waals surface area contributed by atoms with Crippen molar-refractivity contribution < 1.29 is 19.0 Å². The van der Waals surface area contributed by atoms with Crippen LogP contribution in [0.5, 0.6) is 0 Å². The number of benzene rings is 2. The molecular weight excluding hydrogens is 476 g/mol. The van der Waals surface area contributed by atoms with Crippen LogP contribution in [-0.2, 0) is 25.6 Å². The Bertz CT molecular complexity index is 1070. The molecule has 6 heteroatoms. The Morgan fingerprint density at radius 1 is 1.03 bits per heavy atom. The number of aliphatic imine (C=N–C) groups is 1. The van der Waals surface area contributed by atoms with Crippen molar-refractivity contribution in [3.8, 4) is 0 Å². The summed E-state index contributed by atoms with van der Waals surface area (Å²) in [5, 5.41) is 0. The van der Waals surface area contributed by atoms with Crippen LogP contribution in [0, 0.1) is 17.8 Å². The first-order valence-corrected chi connectivity index (χ1v) is 13.8. The summed E-state index contributed by atoms with van der Waals surface area (Å²) in [5.74, 6) is 1.13. The summed E-state index contributed by atoms with van der Waals surface area (Å²) in [7, 11) is 3.21. The van der Waals surface area contributed by atoms with E-state index in [-0.39, 0.29) is 35.9 Å². The molecule has 1 fully saturated rings. The highest BCUT2D eigenvalue weighted by molar-refractivity contribution is 6.00. The van der Waals surface area contributed by atoms with Gasteiger partial charge >= 0.3 is 5.97 Å². The van der Waals surface area contributed by atoms with E-state index in [4.69, 9.17) is 19.2 Å². The van der Waals surface area contributed by atoms with E-state index in [0.29, 0.717) is 25.7 Å². The maximum Gasteiger partial charge on any atom is 0.311 e. The normalized spacial score (nSPS) is 23.6. The van der Waals surface area contributed by atoms with Gasteiger partial charge < -0.3 is 19.1 Å². The lowest BCUT2D eigenvalue weighted by Crippen LogP contribution is -2.61. The summed E-state index contributed by atoms with van der Waals surface area (Å²) >= 11 is 0. The van der Waals surface area contributed by atoms with Crippen molar-refractivity contribution >= 4 is 11.8 Å². The van der Waals surface area contributed by atoms with Gasteiger partial charge in [0.05, 0.1) is 38.3 Å². The van der Waals surface area contributed by atoms with E-state index in [1.165, 1.54) is 12.7 Å². The second-order valence-corrected chi connectivity index (χ2v) is 10.6. The monoisotopic (exact) mass is 518 g/mol. The summed E-state index contributed by atoms with van der Waals surface area (Å²) in [4.78, 5) is 20.6. The van der Waals surface area contributed by atoms with Gasteiger partial charge in [0.1, 0.15) is 5.84 Å². The van der Waals surface area contributed by atoms with Crippen LogP contribution in [0.4, 0.5) is 0 Å². The third-order valence-electron chi connectivity index (χ3n) is 7.74. The molecule has 0 aromatic heterocycles. The minimum absolute atomic E-state index is 0.00562. The molecule has 5 rings (SSSR count). The van der Waals surface area contributed by atoms with Gasteiger partial charge in [-0.25, -0.2) is 0 Å². The fraction of sp³-hybridized carbons (Fsp3) is 0.500. The fourth-order valence-electron chi connectivity index (χ4n) is 5.68. The molecule has 38 heavy (non-hydrogen) atoms. The van der Waals surface area contributed by atoms with E-state index in [1.54, 1.807) is 7.11 Å². The second kappa shape index (κ2) is 13.7. The van der Waals surface area contributed by atoms with Gasteiger partial charge in [-0.05, 0) is 36.7 Å². The lowest BCUT2D eigenvalue weighted by molar-refractivity contribution is -0.150. The molecule has 0 amide bonds. The molecule has 1 saturated heterocycles.